The first kappa shape index (κ1) is 17.6. The van der Waals surface area contributed by atoms with Crippen molar-refractivity contribution in [3.05, 3.63) is 60.4 Å². The van der Waals surface area contributed by atoms with E-state index in [-0.39, 0.29) is 37.0 Å². The zero-order chi connectivity index (χ0) is 18.5. The topological polar surface area (TPSA) is 78.5 Å². The van der Waals surface area contributed by atoms with Gasteiger partial charge in [0.2, 0.25) is 17.7 Å². The first-order valence-electron chi connectivity index (χ1n) is 8.22. The third-order valence-corrected chi connectivity index (χ3v) is 4.13. The van der Waals surface area contributed by atoms with Gasteiger partial charge in [-0.2, -0.15) is 0 Å². The molecule has 2 aromatic rings. The molecule has 3 rings (SSSR count). The molecule has 1 fully saturated rings. The minimum absolute atomic E-state index is 0.0537. The van der Waals surface area contributed by atoms with Crippen LogP contribution in [0.3, 0.4) is 0 Å². The van der Waals surface area contributed by atoms with Gasteiger partial charge in [-0.1, -0.05) is 30.3 Å². The molecule has 2 N–H and O–H groups in total. The van der Waals surface area contributed by atoms with Crippen LogP contribution in [0.5, 0.6) is 0 Å². The van der Waals surface area contributed by atoms with Crippen molar-refractivity contribution in [2.75, 3.05) is 23.3 Å². The molecular formula is C19H18FN3O3. The predicted octanol–water partition coefficient (Wildman–Crippen LogP) is 1.93. The lowest BCUT2D eigenvalue weighted by Gasteiger charge is -2.16. The van der Waals surface area contributed by atoms with Gasteiger partial charge in [0.15, 0.2) is 0 Å². The Morgan fingerprint density at radius 1 is 1.08 bits per heavy atom. The molecule has 0 bridgehead atoms. The number of anilines is 2. The van der Waals surface area contributed by atoms with Crippen molar-refractivity contribution in [3.8, 4) is 0 Å². The number of amides is 3. The van der Waals surface area contributed by atoms with Crippen LogP contribution in [0.15, 0.2) is 54.6 Å². The predicted molar refractivity (Wildman–Crippen MR) is 94.9 cm³/mol. The van der Waals surface area contributed by atoms with E-state index < -0.39 is 17.6 Å². The maximum Gasteiger partial charge on any atom is 0.243 e. The molecule has 1 aliphatic heterocycles. The lowest BCUT2D eigenvalue weighted by molar-refractivity contribution is -0.127. The fraction of sp³-hybridized carbons (Fsp3) is 0.211. The van der Waals surface area contributed by atoms with Gasteiger partial charge in [0, 0.05) is 18.7 Å². The first-order valence-corrected chi connectivity index (χ1v) is 8.22. The number of carbonyl (C=O) groups excluding carboxylic acids is 3. The molecule has 3 amide bonds. The van der Waals surface area contributed by atoms with Gasteiger partial charge >= 0.3 is 0 Å². The molecule has 0 aliphatic carbocycles. The highest BCUT2D eigenvalue weighted by atomic mass is 19.1. The van der Waals surface area contributed by atoms with Crippen molar-refractivity contribution < 1.29 is 18.8 Å². The van der Waals surface area contributed by atoms with Gasteiger partial charge in [-0.05, 0) is 24.3 Å². The van der Waals surface area contributed by atoms with Crippen LogP contribution in [-0.2, 0) is 14.4 Å². The van der Waals surface area contributed by atoms with Crippen LogP contribution in [-0.4, -0.2) is 30.8 Å². The van der Waals surface area contributed by atoms with Gasteiger partial charge in [0.1, 0.15) is 5.82 Å². The van der Waals surface area contributed by atoms with E-state index >= 15 is 0 Å². The number of hydrogen-bond donors (Lipinski definition) is 2. The third kappa shape index (κ3) is 4.05. The maximum atomic E-state index is 13.5. The lowest BCUT2D eigenvalue weighted by Crippen LogP contribution is -2.38. The number of carbonyl (C=O) groups is 3. The summed E-state index contributed by atoms with van der Waals surface area (Å²) in [5, 5.41) is 4.90. The van der Waals surface area contributed by atoms with Crippen LogP contribution in [0.25, 0.3) is 0 Å². The summed E-state index contributed by atoms with van der Waals surface area (Å²) in [7, 11) is 0. The average Bonchev–Trinajstić information content (AvgIpc) is 3.04. The molecule has 0 unspecified atom stereocenters. The van der Waals surface area contributed by atoms with E-state index in [2.05, 4.69) is 10.6 Å². The molecule has 0 spiro atoms. The van der Waals surface area contributed by atoms with E-state index in [0.29, 0.717) is 0 Å². The molecule has 1 heterocycles. The Kier molecular flexibility index (Phi) is 5.26. The molecule has 0 aromatic heterocycles. The van der Waals surface area contributed by atoms with Crippen molar-refractivity contribution >= 4 is 29.1 Å². The van der Waals surface area contributed by atoms with E-state index in [1.54, 1.807) is 23.1 Å². The molecule has 1 aliphatic rings. The smallest absolute Gasteiger partial charge is 0.243 e. The molecule has 134 valence electrons. The van der Waals surface area contributed by atoms with Gasteiger partial charge in [0.25, 0.3) is 0 Å². The summed E-state index contributed by atoms with van der Waals surface area (Å²) in [5.41, 5.74) is 0.795. The number of nitrogens with one attached hydrogen (secondary N) is 2. The molecule has 6 nitrogen and oxygen atoms in total. The van der Waals surface area contributed by atoms with Gasteiger partial charge in [-0.3, -0.25) is 14.4 Å². The zero-order valence-electron chi connectivity index (χ0n) is 13.9. The molecule has 1 saturated heterocycles. The molecule has 0 radical (unpaired) electrons. The summed E-state index contributed by atoms with van der Waals surface area (Å²) < 4.78 is 13.5. The van der Waals surface area contributed by atoms with E-state index in [0.717, 1.165) is 5.69 Å². The number of halogens is 1. The highest BCUT2D eigenvalue weighted by molar-refractivity contribution is 6.01. The first-order chi connectivity index (χ1) is 12.5. The fourth-order valence-corrected chi connectivity index (χ4v) is 2.81. The lowest BCUT2D eigenvalue weighted by atomic mass is 10.1. The number of nitrogens with zero attached hydrogens (tertiary/aromatic N) is 1. The molecule has 2 aromatic carbocycles. The van der Waals surface area contributed by atoms with Crippen molar-refractivity contribution in [1.82, 2.24) is 5.32 Å². The third-order valence-electron chi connectivity index (χ3n) is 4.13. The Bertz CT molecular complexity index is 826. The normalized spacial score (nSPS) is 16.4. The van der Waals surface area contributed by atoms with Crippen LogP contribution < -0.4 is 15.5 Å². The molecule has 26 heavy (non-hydrogen) atoms. The summed E-state index contributed by atoms with van der Waals surface area (Å²) in [6, 6.07) is 14.9. The van der Waals surface area contributed by atoms with Crippen LogP contribution >= 0.6 is 0 Å². The van der Waals surface area contributed by atoms with Gasteiger partial charge in [-0.25, -0.2) is 4.39 Å². The summed E-state index contributed by atoms with van der Waals surface area (Å²) in [4.78, 5) is 37.8. The van der Waals surface area contributed by atoms with Crippen molar-refractivity contribution in [1.29, 1.82) is 0 Å². The Hall–Kier alpha value is -3.22. The van der Waals surface area contributed by atoms with Crippen LogP contribution in [0.4, 0.5) is 15.8 Å². The van der Waals surface area contributed by atoms with E-state index in [4.69, 9.17) is 0 Å². The second-order valence-electron chi connectivity index (χ2n) is 5.99. The van der Waals surface area contributed by atoms with Gasteiger partial charge in [-0.15, -0.1) is 0 Å². The number of para-hydroxylation sites is 2. The molecular weight excluding hydrogens is 337 g/mol. The minimum Gasteiger partial charge on any atom is -0.347 e. The summed E-state index contributed by atoms with van der Waals surface area (Å²) in [5.74, 6) is -2.11. The monoisotopic (exact) mass is 355 g/mol. The van der Waals surface area contributed by atoms with Crippen LogP contribution in [0.1, 0.15) is 6.42 Å². The van der Waals surface area contributed by atoms with E-state index in [1.807, 2.05) is 18.2 Å². The van der Waals surface area contributed by atoms with E-state index in [9.17, 15) is 18.8 Å². The SMILES string of the molecule is O=C(CNC(=O)[C@H]1CC(=O)N(c2ccccc2)C1)Nc1ccccc1F. The van der Waals surface area contributed by atoms with Crippen molar-refractivity contribution in [2.24, 2.45) is 5.92 Å². The largest absolute Gasteiger partial charge is 0.347 e. The van der Waals surface area contributed by atoms with Crippen molar-refractivity contribution in [2.45, 2.75) is 6.42 Å². The second-order valence-corrected chi connectivity index (χ2v) is 5.99. The Morgan fingerprint density at radius 3 is 2.50 bits per heavy atom. The Labute approximate surface area is 150 Å². The average molecular weight is 355 g/mol. The summed E-state index contributed by atoms with van der Waals surface area (Å²) in [6.07, 6.45) is 0.0929. The Balaban J connectivity index is 1.52. The number of benzene rings is 2. The van der Waals surface area contributed by atoms with Crippen LogP contribution in [0, 0.1) is 11.7 Å². The number of hydrogen-bond acceptors (Lipinski definition) is 3. The zero-order valence-corrected chi connectivity index (χ0v) is 13.9. The standard InChI is InChI=1S/C19H18FN3O3/c20-15-8-4-5-9-16(15)22-17(24)11-21-19(26)13-10-18(25)23(12-13)14-6-2-1-3-7-14/h1-9,13H,10-12H2,(H,21,26)(H,22,24)/t13-/m0/s1. The highest BCUT2D eigenvalue weighted by Crippen LogP contribution is 2.24. The fourth-order valence-electron chi connectivity index (χ4n) is 2.81. The Morgan fingerprint density at radius 2 is 1.77 bits per heavy atom. The summed E-state index contributed by atoms with van der Waals surface area (Å²) in [6.45, 7) is -0.0210. The van der Waals surface area contributed by atoms with Crippen molar-refractivity contribution in [3.63, 3.8) is 0 Å². The van der Waals surface area contributed by atoms with Gasteiger partial charge in [0.05, 0.1) is 18.2 Å². The molecule has 0 saturated carbocycles. The quantitative estimate of drug-likeness (QED) is 0.860. The minimum atomic E-state index is -0.549. The molecule has 7 heteroatoms. The molecule has 1 atom stereocenters. The van der Waals surface area contributed by atoms with Crippen LogP contribution in [0.2, 0.25) is 0 Å². The van der Waals surface area contributed by atoms with E-state index in [1.165, 1.54) is 18.2 Å². The maximum absolute atomic E-state index is 13.5. The van der Waals surface area contributed by atoms with Gasteiger partial charge < -0.3 is 15.5 Å². The summed E-state index contributed by atoms with van der Waals surface area (Å²) >= 11 is 0. The second kappa shape index (κ2) is 7.77. The highest BCUT2D eigenvalue weighted by Gasteiger charge is 2.35. The number of rotatable bonds is 5.